The van der Waals surface area contributed by atoms with E-state index in [0.717, 1.165) is 0 Å². The van der Waals surface area contributed by atoms with Gasteiger partial charge in [0.25, 0.3) is 0 Å². The molecule has 7 heteroatoms. The first-order valence-corrected chi connectivity index (χ1v) is 8.66. The predicted octanol–water partition coefficient (Wildman–Crippen LogP) is 0.115. The minimum absolute atomic E-state index is 0.175. The second-order valence-corrected chi connectivity index (χ2v) is 7.69. The zero-order chi connectivity index (χ0) is 13.9. The number of sulfonamides is 1. The number of nitrogens with zero attached hydrogens (tertiary/aromatic N) is 2. The molecule has 0 spiro atoms. The van der Waals surface area contributed by atoms with Crippen LogP contribution in [0.25, 0.3) is 0 Å². The fourth-order valence-corrected chi connectivity index (χ4v) is 3.84. The molecule has 2 fully saturated rings. The normalized spacial score (nSPS) is 23.5. The molecule has 1 saturated carbocycles. The van der Waals surface area contributed by atoms with Gasteiger partial charge in [-0.3, -0.25) is 4.99 Å². The highest BCUT2D eigenvalue weighted by atomic mass is 32.2. The molecule has 0 atom stereocenters. The summed E-state index contributed by atoms with van der Waals surface area (Å²) in [6.07, 6.45) is 4.86. The van der Waals surface area contributed by atoms with Gasteiger partial charge < -0.3 is 11.1 Å². The number of hydrogen-bond donors (Lipinski definition) is 2. The molecule has 0 aromatic rings. The number of nitrogens with one attached hydrogen (secondary N) is 1. The molecule has 0 aromatic heterocycles. The van der Waals surface area contributed by atoms with E-state index in [1.165, 1.54) is 30.0 Å². The minimum atomic E-state index is -3.01. The highest BCUT2D eigenvalue weighted by Gasteiger charge is 2.34. The Hall–Kier alpha value is -0.820. The Kier molecular flexibility index (Phi) is 4.67. The standard InChI is InChI=1S/C12H24N4O2S/c1-2-19(17,18)16-8-10(9-16)7-14-12(13)15-11-5-3-4-6-11/h10-11H,2-9H2,1H3,(H3,13,14,15). The van der Waals surface area contributed by atoms with Crippen molar-refractivity contribution in [3.63, 3.8) is 0 Å². The summed E-state index contributed by atoms with van der Waals surface area (Å²) in [5.74, 6) is 0.989. The molecule has 0 bridgehead atoms. The smallest absolute Gasteiger partial charge is 0.213 e. The van der Waals surface area contributed by atoms with E-state index in [-0.39, 0.29) is 5.75 Å². The fraction of sp³-hybridized carbons (Fsp3) is 0.917. The van der Waals surface area contributed by atoms with Gasteiger partial charge in [0.05, 0.1) is 5.75 Å². The maximum Gasteiger partial charge on any atom is 0.213 e. The average Bonchev–Trinajstić information content (AvgIpc) is 2.79. The first-order valence-electron chi connectivity index (χ1n) is 7.05. The van der Waals surface area contributed by atoms with E-state index in [1.54, 1.807) is 6.92 Å². The van der Waals surface area contributed by atoms with Crippen molar-refractivity contribution in [1.82, 2.24) is 9.62 Å². The lowest BCUT2D eigenvalue weighted by Crippen LogP contribution is -2.51. The molecule has 2 rings (SSSR count). The largest absolute Gasteiger partial charge is 0.370 e. The summed E-state index contributed by atoms with van der Waals surface area (Å²) in [6, 6.07) is 0.474. The van der Waals surface area contributed by atoms with Gasteiger partial charge in [0, 0.05) is 31.6 Å². The number of rotatable bonds is 5. The number of nitrogens with two attached hydrogens (primary N) is 1. The van der Waals surface area contributed by atoms with E-state index in [0.29, 0.717) is 37.6 Å². The van der Waals surface area contributed by atoms with Crippen molar-refractivity contribution in [3.05, 3.63) is 0 Å². The SMILES string of the molecule is CCS(=O)(=O)N1CC(CN=C(N)NC2CCCC2)C1. The molecule has 110 valence electrons. The minimum Gasteiger partial charge on any atom is -0.370 e. The molecule has 0 aromatic carbocycles. The van der Waals surface area contributed by atoms with Gasteiger partial charge in [0.2, 0.25) is 10.0 Å². The molecule has 0 radical (unpaired) electrons. The van der Waals surface area contributed by atoms with Crippen molar-refractivity contribution < 1.29 is 8.42 Å². The summed E-state index contributed by atoms with van der Waals surface area (Å²) in [6.45, 7) is 3.44. The van der Waals surface area contributed by atoms with E-state index in [1.807, 2.05) is 0 Å². The van der Waals surface area contributed by atoms with E-state index in [9.17, 15) is 8.42 Å². The van der Waals surface area contributed by atoms with Gasteiger partial charge in [0.15, 0.2) is 5.96 Å². The molecule has 1 aliphatic carbocycles. The van der Waals surface area contributed by atoms with Crippen LogP contribution in [0.15, 0.2) is 4.99 Å². The molecule has 0 amide bonds. The third kappa shape index (κ3) is 3.82. The Morgan fingerprint density at radius 3 is 2.58 bits per heavy atom. The topological polar surface area (TPSA) is 87.8 Å². The monoisotopic (exact) mass is 288 g/mol. The molecule has 1 aliphatic heterocycles. The van der Waals surface area contributed by atoms with Crippen LogP contribution in [0.1, 0.15) is 32.6 Å². The maximum absolute atomic E-state index is 11.5. The van der Waals surface area contributed by atoms with Crippen LogP contribution in [0.4, 0.5) is 0 Å². The zero-order valence-electron chi connectivity index (χ0n) is 11.5. The molecule has 3 N–H and O–H groups in total. The first-order chi connectivity index (χ1) is 9.01. The van der Waals surface area contributed by atoms with Crippen LogP contribution in [-0.2, 0) is 10.0 Å². The quantitative estimate of drug-likeness (QED) is 0.555. The lowest BCUT2D eigenvalue weighted by atomic mass is 10.0. The molecule has 1 heterocycles. The van der Waals surface area contributed by atoms with Gasteiger partial charge in [0.1, 0.15) is 0 Å². The Morgan fingerprint density at radius 1 is 1.37 bits per heavy atom. The summed E-state index contributed by atoms with van der Waals surface area (Å²) in [5.41, 5.74) is 5.83. The summed E-state index contributed by atoms with van der Waals surface area (Å²) >= 11 is 0. The van der Waals surface area contributed by atoms with Crippen LogP contribution < -0.4 is 11.1 Å². The summed E-state index contributed by atoms with van der Waals surface area (Å²) in [5, 5.41) is 3.23. The molecular weight excluding hydrogens is 264 g/mol. The Bertz CT molecular complexity index is 423. The van der Waals surface area contributed by atoms with Gasteiger partial charge in [-0.2, -0.15) is 0 Å². The Labute approximate surface area is 115 Å². The first kappa shape index (κ1) is 14.6. The van der Waals surface area contributed by atoms with Gasteiger partial charge in [-0.25, -0.2) is 12.7 Å². The zero-order valence-corrected chi connectivity index (χ0v) is 12.3. The predicted molar refractivity (Wildman–Crippen MR) is 76.4 cm³/mol. The lowest BCUT2D eigenvalue weighted by Gasteiger charge is -2.37. The fourth-order valence-electron chi connectivity index (χ4n) is 2.60. The maximum atomic E-state index is 11.5. The molecule has 0 unspecified atom stereocenters. The van der Waals surface area contributed by atoms with E-state index in [2.05, 4.69) is 10.3 Å². The van der Waals surface area contributed by atoms with Crippen molar-refractivity contribution >= 4 is 16.0 Å². The molecular formula is C12H24N4O2S. The van der Waals surface area contributed by atoms with E-state index < -0.39 is 10.0 Å². The van der Waals surface area contributed by atoms with Crippen LogP contribution in [0, 0.1) is 5.92 Å². The van der Waals surface area contributed by atoms with Crippen molar-refractivity contribution in [2.45, 2.75) is 38.6 Å². The van der Waals surface area contributed by atoms with Crippen molar-refractivity contribution in [3.8, 4) is 0 Å². The summed E-state index contributed by atoms with van der Waals surface area (Å²) in [4.78, 5) is 4.31. The van der Waals surface area contributed by atoms with E-state index >= 15 is 0 Å². The number of guanidine groups is 1. The second kappa shape index (κ2) is 6.09. The van der Waals surface area contributed by atoms with Crippen LogP contribution in [0.2, 0.25) is 0 Å². The van der Waals surface area contributed by atoms with Crippen molar-refractivity contribution in [2.75, 3.05) is 25.4 Å². The van der Waals surface area contributed by atoms with Gasteiger partial charge in [-0.1, -0.05) is 12.8 Å². The summed E-state index contributed by atoms with van der Waals surface area (Å²) < 4.78 is 24.6. The molecule has 6 nitrogen and oxygen atoms in total. The third-order valence-corrected chi connectivity index (χ3v) is 5.72. The van der Waals surface area contributed by atoms with Crippen LogP contribution >= 0.6 is 0 Å². The highest BCUT2D eigenvalue weighted by molar-refractivity contribution is 7.89. The number of aliphatic imine (C=N–C) groups is 1. The van der Waals surface area contributed by atoms with Gasteiger partial charge in [-0.05, 0) is 19.8 Å². The van der Waals surface area contributed by atoms with Crippen LogP contribution in [-0.4, -0.2) is 50.1 Å². The second-order valence-electron chi connectivity index (χ2n) is 5.44. The van der Waals surface area contributed by atoms with Crippen molar-refractivity contribution in [1.29, 1.82) is 0 Å². The summed E-state index contributed by atoms with van der Waals surface area (Å²) in [7, 11) is -3.01. The lowest BCUT2D eigenvalue weighted by molar-refractivity contribution is 0.208. The van der Waals surface area contributed by atoms with E-state index in [4.69, 9.17) is 5.73 Å². The average molecular weight is 288 g/mol. The molecule has 2 aliphatic rings. The van der Waals surface area contributed by atoms with Crippen molar-refractivity contribution in [2.24, 2.45) is 16.6 Å². The Morgan fingerprint density at radius 2 is 2.00 bits per heavy atom. The molecule has 19 heavy (non-hydrogen) atoms. The third-order valence-electron chi connectivity index (χ3n) is 3.91. The highest BCUT2D eigenvalue weighted by Crippen LogP contribution is 2.20. The molecule has 1 saturated heterocycles. The van der Waals surface area contributed by atoms with Crippen LogP contribution in [0.5, 0.6) is 0 Å². The van der Waals surface area contributed by atoms with Crippen LogP contribution in [0.3, 0.4) is 0 Å². The van der Waals surface area contributed by atoms with Gasteiger partial charge >= 0.3 is 0 Å². The number of hydrogen-bond acceptors (Lipinski definition) is 3. The van der Waals surface area contributed by atoms with Gasteiger partial charge in [-0.15, -0.1) is 0 Å². The Balaban J connectivity index is 1.69.